The third-order valence-corrected chi connectivity index (χ3v) is 3.54. The van der Waals surface area contributed by atoms with Gasteiger partial charge >= 0.3 is 7.68 Å². The Labute approximate surface area is 86.8 Å². The van der Waals surface area contributed by atoms with Crippen molar-refractivity contribution < 1.29 is 13.3 Å². The third-order valence-electron chi connectivity index (χ3n) is 2.11. The number of halogens is 1. The van der Waals surface area contributed by atoms with Crippen molar-refractivity contribution >= 4 is 7.68 Å². The summed E-state index contributed by atoms with van der Waals surface area (Å²) in [6.07, 6.45) is 2.64. The molecule has 0 rings (SSSR count). The van der Waals surface area contributed by atoms with Crippen LogP contribution in [0.15, 0.2) is 0 Å². The molecule has 2 atom stereocenters. The molecule has 0 aliphatic heterocycles. The van der Waals surface area contributed by atoms with Gasteiger partial charge in [-0.1, -0.05) is 33.6 Å². The Balaban J connectivity index is 3.65. The van der Waals surface area contributed by atoms with Crippen molar-refractivity contribution in [1.29, 1.82) is 0 Å². The maximum atomic E-state index is 13.0. The van der Waals surface area contributed by atoms with Crippen LogP contribution in [0.2, 0.25) is 0 Å². The smallest absolute Gasteiger partial charge is 0.302 e. The molecular weight excluding hydrogens is 202 g/mol. The Hall–Kier alpha value is 0.120. The van der Waals surface area contributed by atoms with E-state index in [1.54, 1.807) is 13.8 Å². The molecule has 0 saturated heterocycles. The second kappa shape index (κ2) is 6.58. The SMILES string of the molecule is CCP(=O)(F)OC(C)CCCC(C)C. The molecule has 0 aromatic rings. The lowest BCUT2D eigenvalue weighted by Gasteiger charge is -2.15. The van der Waals surface area contributed by atoms with Crippen molar-refractivity contribution in [3.63, 3.8) is 0 Å². The van der Waals surface area contributed by atoms with Gasteiger partial charge in [-0.3, -0.25) is 4.57 Å². The van der Waals surface area contributed by atoms with E-state index in [1.807, 2.05) is 0 Å². The zero-order chi connectivity index (χ0) is 11.2. The summed E-state index contributed by atoms with van der Waals surface area (Å²) in [6.45, 7) is 7.62. The summed E-state index contributed by atoms with van der Waals surface area (Å²) in [5, 5.41) is 0. The fourth-order valence-electron chi connectivity index (χ4n) is 1.21. The molecule has 14 heavy (non-hydrogen) atoms. The van der Waals surface area contributed by atoms with E-state index in [0.717, 1.165) is 19.3 Å². The minimum absolute atomic E-state index is 0.0263. The van der Waals surface area contributed by atoms with Gasteiger partial charge in [-0.2, -0.15) is 4.20 Å². The lowest BCUT2D eigenvalue weighted by atomic mass is 10.1. The summed E-state index contributed by atoms with van der Waals surface area (Å²) in [5.74, 6) is 0.658. The summed E-state index contributed by atoms with van der Waals surface area (Å²) in [4.78, 5) is 0. The number of hydrogen-bond donors (Lipinski definition) is 0. The molecule has 0 spiro atoms. The monoisotopic (exact) mass is 224 g/mol. The minimum atomic E-state index is -3.79. The number of rotatable bonds is 7. The van der Waals surface area contributed by atoms with Gasteiger partial charge in [0.2, 0.25) is 0 Å². The average Bonchev–Trinajstić information content (AvgIpc) is 2.02. The Bertz CT molecular complexity index is 195. The largest absolute Gasteiger partial charge is 0.367 e. The molecule has 0 N–H and O–H groups in total. The number of hydrogen-bond acceptors (Lipinski definition) is 2. The van der Waals surface area contributed by atoms with E-state index in [4.69, 9.17) is 4.52 Å². The summed E-state index contributed by atoms with van der Waals surface area (Å²) in [5.41, 5.74) is 0. The van der Waals surface area contributed by atoms with Gasteiger partial charge in [-0.05, 0) is 19.3 Å². The lowest BCUT2D eigenvalue weighted by molar-refractivity contribution is 0.192. The summed E-state index contributed by atoms with van der Waals surface area (Å²) < 4.78 is 28.8. The molecule has 2 unspecified atom stereocenters. The molecule has 0 fully saturated rings. The summed E-state index contributed by atoms with van der Waals surface area (Å²) in [7, 11) is -3.79. The zero-order valence-corrected chi connectivity index (χ0v) is 10.5. The highest BCUT2D eigenvalue weighted by Crippen LogP contribution is 2.49. The second-order valence-electron chi connectivity index (χ2n) is 4.15. The molecule has 0 aromatic carbocycles. The van der Waals surface area contributed by atoms with Gasteiger partial charge in [-0.15, -0.1) is 0 Å². The first-order valence-corrected chi connectivity index (χ1v) is 7.04. The topological polar surface area (TPSA) is 26.3 Å². The van der Waals surface area contributed by atoms with Gasteiger partial charge in [0.15, 0.2) is 0 Å². The van der Waals surface area contributed by atoms with Crippen LogP contribution in [0.4, 0.5) is 4.20 Å². The van der Waals surface area contributed by atoms with Crippen LogP contribution < -0.4 is 0 Å². The van der Waals surface area contributed by atoms with Gasteiger partial charge in [0.05, 0.1) is 12.3 Å². The Kier molecular flexibility index (Phi) is 6.63. The minimum Gasteiger partial charge on any atom is -0.302 e. The van der Waals surface area contributed by atoms with E-state index in [0.29, 0.717) is 5.92 Å². The van der Waals surface area contributed by atoms with Crippen molar-refractivity contribution in [3.8, 4) is 0 Å². The van der Waals surface area contributed by atoms with Crippen LogP contribution in [0.1, 0.15) is 47.0 Å². The van der Waals surface area contributed by atoms with E-state index in [2.05, 4.69) is 13.8 Å². The highest BCUT2D eigenvalue weighted by molar-refractivity contribution is 7.53. The average molecular weight is 224 g/mol. The fraction of sp³-hybridized carbons (Fsp3) is 1.00. The van der Waals surface area contributed by atoms with E-state index in [1.165, 1.54) is 0 Å². The van der Waals surface area contributed by atoms with Crippen LogP contribution in [0.5, 0.6) is 0 Å². The molecule has 0 aromatic heterocycles. The van der Waals surface area contributed by atoms with Crippen LogP contribution in [0.25, 0.3) is 0 Å². The molecule has 2 nitrogen and oxygen atoms in total. The van der Waals surface area contributed by atoms with E-state index >= 15 is 0 Å². The summed E-state index contributed by atoms with van der Waals surface area (Å²) >= 11 is 0. The first kappa shape index (κ1) is 14.1. The van der Waals surface area contributed by atoms with E-state index < -0.39 is 7.68 Å². The predicted molar refractivity (Wildman–Crippen MR) is 58.5 cm³/mol. The highest BCUT2D eigenvalue weighted by Gasteiger charge is 2.21. The van der Waals surface area contributed by atoms with Gasteiger partial charge in [-0.25, -0.2) is 0 Å². The molecule has 0 aliphatic carbocycles. The molecule has 4 heteroatoms. The quantitative estimate of drug-likeness (QED) is 0.599. The highest BCUT2D eigenvalue weighted by atomic mass is 31.2. The summed E-state index contributed by atoms with van der Waals surface area (Å²) in [6, 6.07) is 0. The Morgan fingerprint density at radius 3 is 2.29 bits per heavy atom. The first-order chi connectivity index (χ1) is 6.37. The van der Waals surface area contributed by atoms with Crippen molar-refractivity contribution in [1.82, 2.24) is 0 Å². The molecule has 0 amide bonds. The van der Waals surface area contributed by atoms with E-state index in [-0.39, 0.29) is 12.3 Å². The molecule has 0 aliphatic rings. The fourth-order valence-corrected chi connectivity index (χ4v) is 2.00. The molecule has 0 heterocycles. The van der Waals surface area contributed by atoms with E-state index in [9.17, 15) is 8.76 Å². The lowest BCUT2D eigenvalue weighted by Crippen LogP contribution is -2.06. The zero-order valence-electron chi connectivity index (χ0n) is 9.62. The normalized spacial score (nSPS) is 18.1. The van der Waals surface area contributed by atoms with Crippen LogP contribution in [-0.2, 0) is 9.09 Å². The van der Waals surface area contributed by atoms with Gasteiger partial charge < -0.3 is 4.52 Å². The van der Waals surface area contributed by atoms with Crippen molar-refractivity contribution in [3.05, 3.63) is 0 Å². The van der Waals surface area contributed by atoms with Crippen LogP contribution in [0.3, 0.4) is 0 Å². The molecule has 0 radical (unpaired) electrons. The molecule has 0 bridgehead atoms. The van der Waals surface area contributed by atoms with Gasteiger partial charge in [0.1, 0.15) is 0 Å². The Morgan fingerprint density at radius 1 is 1.29 bits per heavy atom. The molecular formula is C10H22FO2P. The molecule has 0 saturated carbocycles. The maximum absolute atomic E-state index is 13.0. The molecule has 86 valence electrons. The first-order valence-electron chi connectivity index (χ1n) is 5.34. The van der Waals surface area contributed by atoms with Crippen molar-refractivity contribution in [2.75, 3.05) is 6.16 Å². The van der Waals surface area contributed by atoms with Crippen LogP contribution in [0, 0.1) is 5.92 Å². The van der Waals surface area contributed by atoms with Crippen LogP contribution >= 0.6 is 7.68 Å². The van der Waals surface area contributed by atoms with Crippen molar-refractivity contribution in [2.24, 2.45) is 5.92 Å². The Morgan fingerprint density at radius 2 is 1.86 bits per heavy atom. The van der Waals surface area contributed by atoms with Crippen molar-refractivity contribution in [2.45, 2.75) is 53.1 Å². The van der Waals surface area contributed by atoms with Crippen LogP contribution in [-0.4, -0.2) is 12.3 Å². The van der Waals surface area contributed by atoms with Gasteiger partial charge in [0.25, 0.3) is 0 Å². The maximum Gasteiger partial charge on any atom is 0.367 e. The predicted octanol–water partition coefficient (Wildman–Crippen LogP) is 4.40. The van der Waals surface area contributed by atoms with Gasteiger partial charge in [0, 0.05) is 0 Å². The third kappa shape index (κ3) is 7.52. The standard InChI is InChI=1S/C10H22FO2P/c1-5-14(11,12)13-10(4)8-6-7-9(2)3/h9-10H,5-8H2,1-4H3. The second-order valence-corrected chi connectivity index (χ2v) is 6.17.